The molecule has 0 fully saturated rings. The van der Waals surface area contributed by atoms with E-state index in [1.54, 1.807) is 6.92 Å². The van der Waals surface area contributed by atoms with E-state index in [1.165, 1.54) is 11.6 Å². The molecule has 0 saturated carbocycles. The largest absolute Gasteiger partial charge is 1.00 e. The van der Waals surface area contributed by atoms with Gasteiger partial charge in [-0.1, -0.05) is 47.7 Å². The molecule has 20 heavy (non-hydrogen) atoms. The fraction of sp³-hybridized carbons (Fsp3) is 0.667. The van der Waals surface area contributed by atoms with E-state index in [9.17, 15) is 0 Å². The van der Waals surface area contributed by atoms with Crippen LogP contribution >= 0.6 is 22.6 Å². The van der Waals surface area contributed by atoms with Crippen molar-refractivity contribution in [2.45, 2.75) is 57.4 Å². The third kappa shape index (κ3) is 2.69. The maximum absolute atomic E-state index is 15.6. The molecule has 1 aliphatic rings. The van der Waals surface area contributed by atoms with E-state index in [1.807, 2.05) is 18.9 Å². The van der Waals surface area contributed by atoms with Crippen LogP contribution in [0.15, 0.2) is 0 Å². The summed E-state index contributed by atoms with van der Waals surface area (Å²) in [6.45, 7) is 12.1. The number of aromatic nitrogens is 1. The van der Waals surface area contributed by atoms with Crippen LogP contribution in [0.2, 0.25) is 0 Å². The molecule has 2 unspecified atom stereocenters. The molecule has 2 heterocycles. The quantitative estimate of drug-likeness (QED) is 0.220. The second-order valence-corrected chi connectivity index (χ2v) is 7.13. The summed E-state index contributed by atoms with van der Waals surface area (Å²) in [6, 6.07) is 0.167. The molecule has 0 bridgehead atoms. The van der Waals surface area contributed by atoms with Crippen LogP contribution in [0.25, 0.3) is 0 Å². The molecule has 5 heteroatoms. The zero-order valence-electron chi connectivity index (χ0n) is 13.8. The van der Waals surface area contributed by atoms with Crippen molar-refractivity contribution in [1.29, 1.82) is 0 Å². The van der Waals surface area contributed by atoms with Crippen LogP contribution in [0.4, 0.5) is 4.39 Å². The van der Waals surface area contributed by atoms with Crippen LogP contribution in [0.1, 0.15) is 50.2 Å². The maximum Gasteiger partial charge on any atom is 1.00 e. The van der Waals surface area contributed by atoms with Crippen molar-refractivity contribution in [3.8, 4) is 0 Å². The molecule has 2 atom stereocenters. The molecule has 0 radical (unpaired) electrons. The first kappa shape index (κ1) is 19.5. The molecular formula is C15H23FIKN2. The Morgan fingerprint density at radius 2 is 1.80 bits per heavy atom. The summed E-state index contributed by atoms with van der Waals surface area (Å²) in [7, 11) is 2.02. The van der Waals surface area contributed by atoms with E-state index in [2.05, 4.69) is 54.9 Å². The Balaban J connectivity index is 0.00000200. The minimum Gasteiger partial charge on any atom is -0.414 e. The number of halogens is 2. The molecule has 2 rings (SSSR count). The Labute approximate surface area is 178 Å². The number of nitrogens with zero attached hydrogens (tertiary/aromatic N) is 2. The minimum absolute atomic E-state index is 0. The zero-order valence-corrected chi connectivity index (χ0v) is 19.1. The molecule has 1 aliphatic heterocycles. The second kappa shape index (κ2) is 6.49. The smallest absolute Gasteiger partial charge is 0.414 e. The molecule has 0 spiro atoms. The van der Waals surface area contributed by atoms with Gasteiger partial charge < -0.3 is 4.57 Å². The fourth-order valence-corrected chi connectivity index (χ4v) is 4.88. The van der Waals surface area contributed by atoms with Gasteiger partial charge in [0, 0.05) is 10.1 Å². The van der Waals surface area contributed by atoms with Crippen molar-refractivity contribution < 1.29 is 55.8 Å². The normalized spacial score (nSPS) is 26.7. The Kier molecular flexibility index (Phi) is 6.31. The first-order valence-corrected chi connectivity index (χ1v) is 7.98. The Morgan fingerprint density at radius 3 is 2.25 bits per heavy atom. The summed E-state index contributed by atoms with van der Waals surface area (Å²) in [6.07, 6.45) is 0. The van der Waals surface area contributed by atoms with Crippen molar-refractivity contribution in [1.82, 2.24) is 9.47 Å². The summed E-state index contributed by atoms with van der Waals surface area (Å²) in [4.78, 5) is 1.97. The Morgan fingerprint density at radius 1 is 1.30 bits per heavy atom. The van der Waals surface area contributed by atoms with Crippen LogP contribution in [0.3, 0.4) is 0 Å². The van der Waals surface area contributed by atoms with E-state index in [-0.39, 0.29) is 61.5 Å². The molecule has 0 aliphatic carbocycles. The van der Waals surface area contributed by atoms with Crippen LogP contribution in [0.5, 0.6) is 0 Å². The SMILES string of the molecule is Cc1c2c(c(C)n1C)C(C)(F)N(C(C)C)C(I)[C-]2C.[K+]. The van der Waals surface area contributed by atoms with Crippen molar-refractivity contribution >= 4 is 22.6 Å². The van der Waals surface area contributed by atoms with Crippen LogP contribution in [-0.4, -0.2) is 19.6 Å². The van der Waals surface area contributed by atoms with Crippen LogP contribution in [0, 0.1) is 19.8 Å². The summed E-state index contributed by atoms with van der Waals surface area (Å²) < 4.78 is 17.8. The molecule has 2 nitrogen and oxygen atoms in total. The predicted molar refractivity (Wildman–Crippen MR) is 86.1 cm³/mol. The van der Waals surface area contributed by atoms with Gasteiger partial charge in [0.1, 0.15) is 5.79 Å². The van der Waals surface area contributed by atoms with E-state index in [0.29, 0.717) is 0 Å². The van der Waals surface area contributed by atoms with Gasteiger partial charge in [0.15, 0.2) is 0 Å². The van der Waals surface area contributed by atoms with Gasteiger partial charge in [-0.25, -0.2) is 4.39 Å². The van der Waals surface area contributed by atoms with Gasteiger partial charge in [-0.3, -0.25) is 4.90 Å². The maximum atomic E-state index is 15.6. The average molecular weight is 416 g/mol. The second-order valence-electron chi connectivity index (χ2n) is 5.95. The third-order valence-electron chi connectivity index (χ3n) is 4.47. The number of alkyl halides is 2. The van der Waals surface area contributed by atoms with Gasteiger partial charge in [-0.2, -0.15) is 5.56 Å². The minimum atomic E-state index is -1.41. The summed E-state index contributed by atoms with van der Waals surface area (Å²) in [5.74, 6) is -0.147. The van der Waals surface area contributed by atoms with Gasteiger partial charge in [0.25, 0.3) is 0 Å². The van der Waals surface area contributed by atoms with E-state index in [0.717, 1.165) is 16.8 Å². The fourth-order valence-electron chi connectivity index (χ4n) is 3.41. The predicted octanol–water partition coefficient (Wildman–Crippen LogP) is 1.22. The van der Waals surface area contributed by atoms with Gasteiger partial charge in [-0.05, 0) is 40.4 Å². The van der Waals surface area contributed by atoms with E-state index < -0.39 is 5.79 Å². The van der Waals surface area contributed by atoms with Gasteiger partial charge in [0.05, 0.1) is 0 Å². The standard InChI is InChI=1S/C15H23FIN2.K/c1-8(2)19-14(17)9(3)12-10(4)18(7)11(5)13(12)15(19,6)16;/h8,14H,1-7H3;/q-1;+1. The van der Waals surface area contributed by atoms with Crippen LogP contribution < -0.4 is 51.4 Å². The first-order valence-electron chi connectivity index (χ1n) is 6.74. The van der Waals surface area contributed by atoms with Crippen molar-refractivity contribution in [3.05, 3.63) is 28.4 Å². The zero-order chi connectivity index (χ0) is 14.7. The molecular weight excluding hydrogens is 393 g/mol. The molecule has 108 valence electrons. The monoisotopic (exact) mass is 416 g/mol. The number of rotatable bonds is 1. The van der Waals surface area contributed by atoms with E-state index in [4.69, 9.17) is 0 Å². The van der Waals surface area contributed by atoms with Crippen LogP contribution in [-0.2, 0) is 12.8 Å². The molecule has 0 aromatic carbocycles. The Bertz CT molecular complexity index is 510. The van der Waals surface area contributed by atoms with E-state index >= 15 is 4.39 Å². The summed E-state index contributed by atoms with van der Waals surface area (Å²) in [5, 5.41) is 0. The van der Waals surface area contributed by atoms with Gasteiger partial charge in [0.2, 0.25) is 0 Å². The van der Waals surface area contributed by atoms with Gasteiger partial charge in [-0.15, -0.1) is 5.92 Å². The van der Waals surface area contributed by atoms with Crippen molar-refractivity contribution in [2.75, 3.05) is 0 Å². The Hall–Kier alpha value is 1.41. The summed E-state index contributed by atoms with van der Waals surface area (Å²) >= 11 is 2.36. The average Bonchev–Trinajstić information content (AvgIpc) is 2.51. The molecule has 0 N–H and O–H groups in total. The molecule has 1 aromatic rings. The van der Waals surface area contributed by atoms with Gasteiger partial charge >= 0.3 is 51.4 Å². The molecule has 0 saturated heterocycles. The topological polar surface area (TPSA) is 8.17 Å². The van der Waals surface area contributed by atoms with Crippen molar-refractivity contribution in [2.24, 2.45) is 7.05 Å². The number of fused-ring (bicyclic) bond motifs is 1. The molecule has 0 amide bonds. The number of hydrogen-bond donors (Lipinski definition) is 0. The first-order chi connectivity index (χ1) is 8.62. The third-order valence-corrected chi connectivity index (χ3v) is 6.01. The molecule has 1 aromatic heterocycles. The van der Waals surface area contributed by atoms with Crippen molar-refractivity contribution in [3.63, 3.8) is 0 Å². The number of hydrogen-bond acceptors (Lipinski definition) is 1. The summed E-state index contributed by atoms with van der Waals surface area (Å²) in [5.41, 5.74) is 4.18.